The van der Waals surface area contributed by atoms with E-state index < -0.39 is 60.5 Å². The van der Waals surface area contributed by atoms with Crippen molar-refractivity contribution in [1.82, 2.24) is 0 Å². The van der Waals surface area contributed by atoms with Crippen LogP contribution >= 0.6 is 0 Å². The van der Waals surface area contributed by atoms with Gasteiger partial charge in [-0.15, -0.1) is 0 Å². The molecule has 1 fully saturated rings. The molecular weight excluding hydrogens is 960 g/mol. The second kappa shape index (κ2) is 24.7. The summed E-state index contributed by atoms with van der Waals surface area (Å²) in [4.78, 5) is 28.2. The summed E-state index contributed by atoms with van der Waals surface area (Å²) in [5.74, 6) is -0.838. The quantitative estimate of drug-likeness (QED) is 0.0352. The Kier molecular flexibility index (Phi) is 20.8. The van der Waals surface area contributed by atoms with E-state index in [1.807, 2.05) is 62.4 Å². The first kappa shape index (κ1) is 56.5. The molecule has 0 amide bonds. The molecule has 0 aromatic heterocycles. The molecule has 4 rings (SSSR count). The molecule has 14 heteroatoms. The van der Waals surface area contributed by atoms with Crippen molar-refractivity contribution in [1.29, 1.82) is 0 Å². The topological polar surface area (TPSA) is 108 Å². The minimum absolute atomic E-state index is 0.0115. The van der Waals surface area contributed by atoms with Gasteiger partial charge in [-0.3, -0.25) is 0 Å². The van der Waals surface area contributed by atoms with Crippen LogP contribution in [0.2, 0.25) is 69.5 Å². The summed E-state index contributed by atoms with van der Waals surface area (Å²) in [5.41, 5.74) is 1.63. The molecule has 3 aromatic rings. The van der Waals surface area contributed by atoms with Gasteiger partial charge in [0, 0.05) is 0 Å². The molecule has 1 saturated heterocycles. The number of hydrogen-bond donors (Lipinski definition) is 0. The van der Waals surface area contributed by atoms with Gasteiger partial charge in [-0.2, -0.15) is 0 Å². The number of esters is 2. The molecule has 6 atom stereocenters. The van der Waals surface area contributed by atoms with E-state index in [-0.39, 0.29) is 43.6 Å². The second-order valence-corrected chi connectivity index (χ2v) is 40.9. The van der Waals surface area contributed by atoms with Gasteiger partial charge < -0.3 is 0 Å². The maximum atomic E-state index is 14.5. The zero-order valence-electron chi connectivity index (χ0n) is 43.5. The molecule has 0 N–H and O–H groups in total. The average molecular weight is 1040 g/mol. The second-order valence-electron chi connectivity index (χ2n) is 22.2. The molecule has 1 aliphatic rings. The fourth-order valence-electron chi connectivity index (χ4n) is 7.19. The fraction of sp³-hybridized carbons (Fsp3) is 0.585. The molecule has 2 unspecified atom stereocenters. The normalized spacial score (nSPS) is 18.6. The fourth-order valence-corrected chi connectivity index (χ4v) is 12.7. The average Bonchev–Trinajstić information content (AvgIpc) is 3.55. The van der Waals surface area contributed by atoms with Crippen molar-refractivity contribution in [2.75, 3.05) is 27.1 Å². The van der Waals surface area contributed by atoms with Crippen molar-refractivity contribution in [3.05, 3.63) is 102 Å². The summed E-state index contributed by atoms with van der Waals surface area (Å²) in [6.45, 7) is 33.9. The Morgan fingerprint density at radius 2 is 1.42 bits per heavy atom. The number of carbonyl (C=O) groups excluding carboxylic acids is 2. The number of benzene rings is 3. The molecule has 0 saturated carbocycles. The maximum absolute atomic E-state index is 14.5. The van der Waals surface area contributed by atoms with E-state index in [9.17, 15) is 9.59 Å². The zero-order chi connectivity index (χ0) is 49.8. The predicted molar refractivity (Wildman–Crippen MR) is 280 cm³/mol. The Bertz CT molecular complexity index is 2040. The van der Waals surface area contributed by atoms with Crippen LogP contribution < -0.4 is 13.9 Å². The number of hydrogen-bond acceptors (Lipinski definition) is 10. The van der Waals surface area contributed by atoms with Crippen molar-refractivity contribution in [2.45, 2.75) is 166 Å². The third-order valence-corrected chi connectivity index (χ3v) is 23.1. The van der Waals surface area contributed by atoms with Crippen LogP contribution in [0.15, 0.2) is 84.9 Å². The minimum atomic E-state index is -2.06. The van der Waals surface area contributed by atoms with Gasteiger partial charge >= 0.3 is 376 Å². The number of ether oxygens (including phenoxy) is 7. The monoisotopic (exact) mass is 1040 g/mol. The van der Waals surface area contributed by atoms with Crippen molar-refractivity contribution < 1.29 is 47.2 Å². The number of carbonyl (C=O) groups is 2. The molecule has 1 aliphatic heterocycles. The molecule has 0 radical (unpaired) electrons. The summed E-state index contributed by atoms with van der Waals surface area (Å²) >= 11 is -0.177. The number of rotatable bonds is 25. The van der Waals surface area contributed by atoms with Crippen LogP contribution in [0.5, 0.6) is 11.5 Å². The molecule has 10 nitrogen and oxygen atoms in total. The summed E-state index contributed by atoms with van der Waals surface area (Å²) < 4.78 is 52.1. The van der Waals surface area contributed by atoms with Gasteiger partial charge in [-0.05, 0) is 18.1 Å². The Morgan fingerprint density at radius 1 is 0.806 bits per heavy atom. The summed E-state index contributed by atoms with van der Waals surface area (Å²) in [5, 5.41) is 0.0567. The van der Waals surface area contributed by atoms with Crippen LogP contribution in [-0.2, 0) is 28.1 Å². The molecule has 67 heavy (non-hydrogen) atoms. The van der Waals surface area contributed by atoms with Crippen LogP contribution in [0.25, 0.3) is 0 Å². The van der Waals surface area contributed by atoms with E-state index in [2.05, 4.69) is 105 Å². The van der Waals surface area contributed by atoms with E-state index in [0.717, 1.165) is 17.7 Å². The number of methoxy groups -OCH3 is 1. The van der Waals surface area contributed by atoms with Gasteiger partial charge in [0.15, 0.2) is 0 Å². The van der Waals surface area contributed by atoms with E-state index in [1.54, 1.807) is 25.3 Å². The van der Waals surface area contributed by atoms with E-state index in [4.69, 9.17) is 37.6 Å². The summed E-state index contributed by atoms with van der Waals surface area (Å²) in [7, 11) is -3.43. The predicted octanol–water partition coefficient (Wildman–Crippen LogP) is 12.1. The molecule has 3 aromatic carbocycles. The first-order valence-electron chi connectivity index (χ1n) is 24.0. The first-order valence-corrected chi connectivity index (χ1v) is 36.1. The van der Waals surface area contributed by atoms with Crippen LogP contribution in [0.3, 0.4) is 0 Å². The molecule has 0 spiro atoms. The van der Waals surface area contributed by atoms with E-state index in [1.165, 1.54) is 4.46 Å². The molecule has 0 aliphatic carbocycles. The molecule has 0 bridgehead atoms. The summed E-state index contributed by atoms with van der Waals surface area (Å²) in [6.07, 6.45) is 3.20. The van der Waals surface area contributed by atoms with E-state index >= 15 is 0 Å². The van der Waals surface area contributed by atoms with Crippen LogP contribution in [0.4, 0.5) is 0 Å². The van der Waals surface area contributed by atoms with Crippen LogP contribution in [-0.4, -0.2) is 109 Å². The Balaban J connectivity index is 1.80. The first-order chi connectivity index (χ1) is 31.2. The van der Waals surface area contributed by atoms with Gasteiger partial charge in [-0.1, -0.05) is 20.8 Å². The third kappa shape index (κ3) is 18.3. The van der Waals surface area contributed by atoms with Gasteiger partial charge in [-0.25, -0.2) is 0 Å². The van der Waals surface area contributed by atoms with Crippen molar-refractivity contribution in [3.8, 4) is 11.5 Å². The van der Waals surface area contributed by atoms with Crippen molar-refractivity contribution in [2.24, 2.45) is 5.92 Å². The van der Waals surface area contributed by atoms with Crippen LogP contribution in [0, 0.1) is 5.92 Å². The van der Waals surface area contributed by atoms with Crippen LogP contribution in [0.1, 0.15) is 92.4 Å². The van der Waals surface area contributed by atoms with E-state index in [0.29, 0.717) is 48.7 Å². The van der Waals surface area contributed by atoms with Crippen molar-refractivity contribution in [3.63, 3.8) is 0 Å². The standard InChI is InChI=1S/C53H82O10SeSi3/c1-38(39(2)63-67(15,16)52(3,4)5)27-28-44(60-50(54)40-23-19-17-20-24-40)49-45(61-53(6,7)62-49)29-30-47(64-42-25-21-18-22-26-42)43-35-41(57-31-33-65(9,10)11)36-46(59-37-56-8)48(43)51(55)58-32-34-66(12,13)14/h17-28,35-36,38-39,44-45,47,49H,29-34,37H2,1-16H3/b28-27-/t38-,39+,44?,45+,47?,49-/m1/s1. The third-order valence-electron chi connectivity index (χ3n) is 12.4. The molecular formula is C53H82O10SeSi3. The van der Waals surface area contributed by atoms with Gasteiger partial charge in [0.2, 0.25) is 0 Å². The van der Waals surface area contributed by atoms with Gasteiger partial charge in [0.05, 0.1) is 0 Å². The Labute approximate surface area is 412 Å². The SMILES string of the molecule is COCOc1cc(OCC[Si](C)(C)C)cc(C(CC[C@@H]2OC(C)(C)O[C@@H]2C(/C=C\[C@@H](C)[C@H](C)O[Si](C)(C)C(C)(C)C)OC(=O)c2ccccc2)[Se]c2ccccc2)c1C(=O)OCC[Si](C)(C)C. The summed E-state index contributed by atoms with van der Waals surface area (Å²) in [6, 6.07) is 25.0. The Hall–Kier alpha value is -3.05. The molecule has 1 heterocycles. The van der Waals surface area contributed by atoms with Gasteiger partial charge in [0.25, 0.3) is 0 Å². The van der Waals surface area contributed by atoms with Crippen molar-refractivity contribution >= 4 is 55.8 Å². The Morgan fingerprint density at radius 3 is 2.01 bits per heavy atom. The van der Waals surface area contributed by atoms with Gasteiger partial charge in [0.1, 0.15) is 0 Å². The molecule has 372 valence electrons. The zero-order valence-corrected chi connectivity index (χ0v) is 48.2.